The Hall–Kier alpha value is -1.75. The summed E-state index contributed by atoms with van der Waals surface area (Å²) >= 11 is 0. The summed E-state index contributed by atoms with van der Waals surface area (Å²) in [5, 5.41) is 0. The minimum Gasteiger partial charge on any atom is -0.497 e. The summed E-state index contributed by atoms with van der Waals surface area (Å²) < 4.78 is 15.3. The normalized spacial score (nSPS) is 16.4. The molecule has 1 fully saturated rings. The van der Waals surface area contributed by atoms with Gasteiger partial charge >= 0.3 is 5.97 Å². The molecule has 1 aliphatic heterocycles. The van der Waals surface area contributed by atoms with Crippen molar-refractivity contribution in [3.63, 3.8) is 0 Å². The Morgan fingerprint density at radius 2 is 2.16 bits per heavy atom. The van der Waals surface area contributed by atoms with Crippen molar-refractivity contribution in [2.75, 3.05) is 45.9 Å². The number of hydrogen-bond acceptors (Lipinski definition) is 5. The van der Waals surface area contributed by atoms with Crippen LogP contribution < -0.4 is 9.64 Å². The first-order chi connectivity index (χ1) is 9.11. The van der Waals surface area contributed by atoms with E-state index < -0.39 is 5.41 Å². The fraction of sp³-hybridized carbons (Fsp3) is 0.500. The molecule has 1 aromatic rings. The number of benzene rings is 1. The minimum absolute atomic E-state index is 0.214. The molecule has 1 aromatic carbocycles. The highest BCUT2D eigenvalue weighted by molar-refractivity contribution is 5.79. The predicted octanol–water partition coefficient (Wildman–Crippen LogP) is 1.32. The average Bonchev–Trinajstić information content (AvgIpc) is 2.41. The maximum atomic E-state index is 11.9. The van der Waals surface area contributed by atoms with Gasteiger partial charge in [0.2, 0.25) is 0 Å². The third-order valence-corrected chi connectivity index (χ3v) is 3.41. The Bertz CT molecular complexity index is 457. The summed E-state index contributed by atoms with van der Waals surface area (Å²) in [6, 6.07) is 7.73. The monoisotopic (exact) mass is 265 g/mol. The SMILES string of the molecule is COC(=O)C1(CN(C)c2cccc(OC)c2)COC1. The molecule has 0 aliphatic carbocycles. The van der Waals surface area contributed by atoms with E-state index in [1.807, 2.05) is 36.2 Å². The maximum absolute atomic E-state index is 11.9. The third kappa shape index (κ3) is 2.66. The Morgan fingerprint density at radius 1 is 1.42 bits per heavy atom. The molecule has 0 bridgehead atoms. The van der Waals surface area contributed by atoms with Gasteiger partial charge in [-0.15, -0.1) is 0 Å². The van der Waals surface area contributed by atoms with Crippen LogP contribution in [0, 0.1) is 5.41 Å². The van der Waals surface area contributed by atoms with Gasteiger partial charge in [-0.2, -0.15) is 0 Å². The molecule has 0 saturated carbocycles. The minimum atomic E-state index is -0.549. The van der Waals surface area contributed by atoms with E-state index in [2.05, 4.69) is 0 Å². The van der Waals surface area contributed by atoms with Gasteiger partial charge in [0.1, 0.15) is 11.2 Å². The van der Waals surface area contributed by atoms with Crippen LogP contribution in [-0.2, 0) is 14.3 Å². The Labute approximate surface area is 113 Å². The van der Waals surface area contributed by atoms with Gasteiger partial charge < -0.3 is 19.1 Å². The van der Waals surface area contributed by atoms with Crippen molar-refractivity contribution >= 4 is 11.7 Å². The van der Waals surface area contributed by atoms with Crippen LogP contribution in [0.2, 0.25) is 0 Å². The van der Waals surface area contributed by atoms with E-state index in [1.165, 1.54) is 7.11 Å². The Morgan fingerprint density at radius 3 is 2.68 bits per heavy atom. The lowest BCUT2D eigenvalue weighted by Crippen LogP contribution is -2.56. The van der Waals surface area contributed by atoms with E-state index in [9.17, 15) is 4.79 Å². The molecule has 5 nitrogen and oxygen atoms in total. The molecule has 2 rings (SSSR count). The number of hydrogen-bond donors (Lipinski definition) is 0. The molecule has 0 amide bonds. The van der Waals surface area contributed by atoms with Crippen molar-refractivity contribution < 1.29 is 19.0 Å². The molecule has 1 aliphatic rings. The standard InChI is InChI=1S/C14H19NO4/c1-15(11-5-4-6-12(7-11)17-2)8-14(9-19-10-14)13(16)18-3/h4-7H,8-10H2,1-3H3. The van der Waals surface area contributed by atoms with Gasteiger partial charge in [-0.05, 0) is 12.1 Å². The van der Waals surface area contributed by atoms with E-state index in [0.29, 0.717) is 19.8 Å². The van der Waals surface area contributed by atoms with Gasteiger partial charge in [0.05, 0.1) is 27.4 Å². The highest BCUT2D eigenvalue weighted by Crippen LogP contribution is 2.32. The molecule has 5 heteroatoms. The highest BCUT2D eigenvalue weighted by atomic mass is 16.5. The molecule has 1 saturated heterocycles. The Balaban J connectivity index is 2.11. The Kier molecular flexibility index (Phi) is 3.95. The first-order valence-electron chi connectivity index (χ1n) is 6.13. The van der Waals surface area contributed by atoms with Crippen LogP contribution >= 0.6 is 0 Å². The van der Waals surface area contributed by atoms with Crippen molar-refractivity contribution in [1.82, 2.24) is 0 Å². The molecule has 0 radical (unpaired) electrons. The second-order valence-electron chi connectivity index (χ2n) is 4.82. The van der Waals surface area contributed by atoms with Crippen LogP contribution in [0.1, 0.15) is 0 Å². The van der Waals surface area contributed by atoms with Crippen molar-refractivity contribution in [2.45, 2.75) is 0 Å². The first-order valence-corrected chi connectivity index (χ1v) is 6.13. The van der Waals surface area contributed by atoms with Gasteiger partial charge in [0, 0.05) is 25.3 Å². The van der Waals surface area contributed by atoms with Gasteiger partial charge in [-0.3, -0.25) is 4.79 Å². The molecular weight excluding hydrogens is 246 g/mol. The second kappa shape index (κ2) is 5.48. The zero-order chi connectivity index (χ0) is 13.9. The van der Waals surface area contributed by atoms with Crippen molar-refractivity contribution in [1.29, 1.82) is 0 Å². The van der Waals surface area contributed by atoms with Crippen molar-refractivity contribution in [2.24, 2.45) is 5.41 Å². The number of rotatable bonds is 5. The van der Waals surface area contributed by atoms with E-state index in [0.717, 1.165) is 11.4 Å². The summed E-state index contributed by atoms with van der Waals surface area (Å²) in [7, 11) is 4.99. The van der Waals surface area contributed by atoms with Gasteiger partial charge in [-0.25, -0.2) is 0 Å². The van der Waals surface area contributed by atoms with Crippen LogP contribution in [-0.4, -0.2) is 47.0 Å². The van der Waals surface area contributed by atoms with Crippen LogP contribution in [0.4, 0.5) is 5.69 Å². The van der Waals surface area contributed by atoms with Gasteiger partial charge in [0.15, 0.2) is 0 Å². The number of esters is 1. The molecule has 104 valence electrons. The van der Waals surface area contributed by atoms with Crippen LogP contribution in [0.5, 0.6) is 5.75 Å². The summed E-state index contributed by atoms with van der Waals surface area (Å²) in [6.07, 6.45) is 0. The number of nitrogens with zero attached hydrogens (tertiary/aromatic N) is 1. The fourth-order valence-corrected chi connectivity index (χ4v) is 2.23. The number of ether oxygens (including phenoxy) is 3. The molecule has 1 heterocycles. The number of carbonyl (C=O) groups excluding carboxylic acids is 1. The number of methoxy groups -OCH3 is 2. The zero-order valence-electron chi connectivity index (χ0n) is 11.5. The van der Waals surface area contributed by atoms with Crippen molar-refractivity contribution in [3.8, 4) is 5.75 Å². The first kappa shape index (κ1) is 13.7. The lowest BCUT2D eigenvalue weighted by molar-refractivity contribution is -0.180. The summed E-state index contributed by atoms with van der Waals surface area (Å²) in [5.74, 6) is 0.579. The van der Waals surface area contributed by atoms with E-state index in [-0.39, 0.29) is 5.97 Å². The molecule has 0 atom stereocenters. The topological polar surface area (TPSA) is 48.0 Å². The smallest absolute Gasteiger partial charge is 0.318 e. The molecule has 0 aromatic heterocycles. The predicted molar refractivity (Wildman–Crippen MR) is 71.5 cm³/mol. The maximum Gasteiger partial charge on any atom is 0.318 e. The van der Waals surface area contributed by atoms with E-state index in [1.54, 1.807) is 7.11 Å². The number of anilines is 1. The molecule has 0 N–H and O–H groups in total. The zero-order valence-corrected chi connectivity index (χ0v) is 11.5. The van der Waals surface area contributed by atoms with Gasteiger partial charge in [-0.1, -0.05) is 6.07 Å². The summed E-state index contributed by atoms with van der Waals surface area (Å²) in [6.45, 7) is 1.38. The summed E-state index contributed by atoms with van der Waals surface area (Å²) in [5.41, 5.74) is 0.446. The lowest BCUT2D eigenvalue weighted by atomic mass is 9.85. The quantitative estimate of drug-likeness (QED) is 0.751. The largest absolute Gasteiger partial charge is 0.497 e. The molecule has 0 spiro atoms. The third-order valence-electron chi connectivity index (χ3n) is 3.41. The average molecular weight is 265 g/mol. The molecular formula is C14H19NO4. The van der Waals surface area contributed by atoms with Gasteiger partial charge in [0.25, 0.3) is 0 Å². The highest BCUT2D eigenvalue weighted by Gasteiger charge is 2.48. The van der Waals surface area contributed by atoms with Crippen LogP contribution in [0.25, 0.3) is 0 Å². The molecule has 19 heavy (non-hydrogen) atoms. The van der Waals surface area contributed by atoms with Crippen LogP contribution in [0.15, 0.2) is 24.3 Å². The van der Waals surface area contributed by atoms with E-state index in [4.69, 9.17) is 14.2 Å². The molecule has 0 unspecified atom stereocenters. The van der Waals surface area contributed by atoms with Crippen LogP contribution in [0.3, 0.4) is 0 Å². The van der Waals surface area contributed by atoms with Crippen molar-refractivity contribution in [3.05, 3.63) is 24.3 Å². The van der Waals surface area contributed by atoms with E-state index >= 15 is 0 Å². The second-order valence-corrected chi connectivity index (χ2v) is 4.82. The fourth-order valence-electron chi connectivity index (χ4n) is 2.23. The summed E-state index contributed by atoms with van der Waals surface area (Å²) in [4.78, 5) is 13.9. The lowest BCUT2D eigenvalue weighted by Gasteiger charge is -2.41. The number of carbonyl (C=O) groups is 1.